The van der Waals surface area contributed by atoms with Crippen molar-refractivity contribution in [3.8, 4) is 0 Å². The predicted octanol–water partition coefficient (Wildman–Crippen LogP) is 3.40. The summed E-state index contributed by atoms with van der Waals surface area (Å²) in [7, 11) is 0. The van der Waals surface area contributed by atoms with Crippen molar-refractivity contribution in [2.75, 3.05) is 32.8 Å². The molecular weight excluding hydrogens is 406 g/mol. The van der Waals surface area contributed by atoms with Crippen LogP contribution in [0, 0.1) is 11.8 Å². The van der Waals surface area contributed by atoms with E-state index in [2.05, 4.69) is 13.8 Å². The second kappa shape index (κ2) is 9.92. The molecule has 7 heteroatoms. The Morgan fingerprint density at radius 3 is 2.25 bits per heavy atom. The summed E-state index contributed by atoms with van der Waals surface area (Å²) in [5.41, 5.74) is 0.704. The van der Waals surface area contributed by atoms with Crippen LogP contribution in [-0.2, 0) is 9.53 Å². The smallest absolute Gasteiger partial charge is 0.410 e. The Balaban J connectivity index is 1.27. The summed E-state index contributed by atoms with van der Waals surface area (Å²) in [5.74, 6) is 0.643. The standard InChI is InChI=1S/C25H35N3O4/c1-3-18(2)22-17-32-25(31)28(22)21-11-15-27(16-12-21)24(30)20-9-13-26(14-10-20)23(29)19-7-5-4-6-8-19/h4-8,18,20-22H,3,9-17H2,1-2H3/t18-,22-/m0/s1. The molecule has 0 radical (unpaired) electrons. The van der Waals surface area contributed by atoms with E-state index < -0.39 is 0 Å². The molecule has 3 fully saturated rings. The van der Waals surface area contributed by atoms with E-state index in [1.54, 1.807) is 0 Å². The van der Waals surface area contributed by atoms with E-state index in [-0.39, 0.29) is 35.9 Å². The number of piperidine rings is 2. The van der Waals surface area contributed by atoms with Crippen molar-refractivity contribution in [2.45, 2.75) is 58.0 Å². The van der Waals surface area contributed by atoms with Crippen LogP contribution in [0.25, 0.3) is 0 Å². The number of ether oxygens (including phenoxy) is 1. The minimum atomic E-state index is -0.199. The third-order valence-corrected chi connectivity index (χ3v) is 7.57. The average molecular weight is 442 g/mol. The maximum Gasteiger partial charge on any atom is 0.410 e. The number of hydrogen-bond donors (Lipinski definition) is 0. The molecular formula is C25H35N3O4. The Bertz CT molecular complexity index is 814. The second-order valence-corrected chi connectivity index (χ2v) is 9.43. The van der Waals surface area contributed by atoms with Crippen molar-refractivity contribution < 1.29 is 19.1 Å². The summed E-state index contributed by atoms with van der Waals surface area (Å²) < 4.78 is 5.36. The molecule has 3 heterocycles. The van der Waals surface area contributed by atoms with Crippen molar-refractivity contribution in [3.63, 3.8) is 0 Å². The lowest BCUT2D eigenvalue weighted by Crippen LogP contribution is -2.52. The van der Waals surface area contributed by atoms with Crippen LogP contribution < -0.4 is 0 Å². The molecule has 2 atom stereocenters. The van der Waals surface area contributed by atoms with E-state index in [4.69, 9.17) is 4.74 Å². The van der Waals surface area contributed by atoms with E-state index in [0.717, 1.165) is 19.3 Å². The van der Waals surface area contributed by atoms with Gasteiger partial charge in [-0.15, -0.1) is 0 Å². The van der Waals surface area contributed by atoms with E-state index in [0.29, 0.717) is 57.1 Å². The van der Waals surface area contributed by atoms with E-state index in [1.807, 2.05) is 45.0 Å². The minimum Gasteiger partial charge on any atom is -0.447 e. The maximum absolute atomic E-state index is 13.1. The predicted molar refractivity (Wildman–Crippen MR) is 121 cm³/mol. The summed E-state index contributed by atoms with van der Waals surface area (Å²) >= 11 is 0. The fraction of sp³-hybridized carbons (Fsp3) is 0.640. The van der Waals surface area contributed by atoms with Crippen LogP contribution in [-0.4, -0.2) is 77.5 Å². The van der Waals surface area contributed by atoms with Gasteiger partial charge in [0.25, 0.3) is 5.91 Å². The largest absolute Gasteiger partial charge is 0.447 e. The third-order valence-electron chi connectivity index (χ3n) is 7.57. The molecule has 174 valence electrons. The van der Waals surface area contributed by atoms with Crippen molar-refractivity contribution >= 4 is 17.9 Å². The highest BCUT2D eigenvalue weighted by Gasteiger charge is 2.42. The lowest BCUT2D eigenvalue weighted by atomic mass is 9.92. The Labute approximate surface area is 190 Å². The van der Waals surface area contributed by atoms with Gasteiger partial charge in [-0.25, -0.2) is 4.79 Å². The number of hydrogen-bond acceptors (Lipinski definition) is 4. The lowest BCUT2D eigenvalue weighted by Gasteiger charge is -2.41. The summed E-state index contributed by atoms with van der Waals surface area (Å²) in [5, 5.41) is 0. The number of carbonyl (C=O) groups excluding carboxylic acids is 3. The van der Waals surface area contributed by atoms with Crippen LogP contribution >= 0.6 is 0 Å². The van der Waals surface area contributed by atoms with Crippen LogP contribution in [0.3, 0.4) is 0 Å². The SMILES string of the molecule is CC[C@H](C)[C@@H]1COC(=O)N1C1CCN(C(=O)C2CCN(C(=O)c3ccccc3)CC2)CC1. The van der Waals surface area contributed by atoms with Crippen molar-refractivity contribution in [3.05, 3.63) is 35.9 Å². The van der Waals surface area contributed by atoms with Crippen molar-refractivity contribution in [1.82, 2.24) is 14.7 Å². The molecule has 3 aliphatic heterocycles. The summed E-state index contributed by atoms with van der Waals surface area (Å²) in [6.45, 7) is 7.41. The van der Waals surface area contributed by atoms with Gasteiger partial charge in [-0.05, 0) is 43.7 Å². The molecule has 0 N–H and O–H groups in total. The van der Waals surface area contributed by atoms with Gasteiger partial charge in [-0.1, -0.05) is 38.5 Å². The van der Waals surface area contributed by atoms with Crippen LogP contribution in [0.4, 0.5) is 4.79 Å². The van der Waals surface area contributed by atoms with Gasteiger partial charge >= 0.3 is 6.09 Å². The quantitative estimate of drug-likeness (QED) is 0.702. The number of amides is 3. The summed E-state index contributed by atoms with van der Waals surface area (Å²) in [6.07, 6.45) is 3.85. The van der Waals surface area contributed by atoms with Crippen molar-refractivity contribution in [2.24, 2.45) is 11.8 Å². The second-order valence-electron chi connectivity index (χ2n) is 9.43. The number of benzene rings is 1. The molecule has 3 amide bonds. The normalized spacial score (nSPS) is 23.9. The fourth-order valence-corrected chi connectivity index (χ4v) is 5.29. The summed E-state index contributed by atoms with van der Waals surface area (Å²) in [4.78, 5) is 43.9. The molecule has 0 unspecified atom stereocenters. The molecule has 0 aliphatic carbocycles. The molecule has 7 nitrogen and oxygen atoms in total. The average Bonchev–Trinajstić information content (AvgIpc) is 3.24. The molecule has 4 rings (SSSR count). The van der Waals surface area contributed by atoms with Crippen LogP contribution in [0.2, 0.25) is 0 Å². The number of likely N-dealkylation sites (tertiary alicyclic amines) is 2. The first-order valence-electron chi connectivity index (χ1n) is 12.1. The van der Waals surface area contributed by atoms with Gasteiger partial charge in [0.2, 0.25) is 5.91 Å². The van der Waals surface area contributed by atoms with Gasteiger partial charge in [0.1, 0.15) is 6.61 Å². The minimum absolute atomic E-state index is 0.0176. The lowest BCUT2D eigenvalue weighted by molar-refractivity contribution is -0.138. The first-order valence-corrected chi connectivity index (χ1v) is 12.1. The molecule has 3 saturated heterocycles. The van der Waals surface area contributed by atoms with Gasteiger partial charge in [-0.3, -0.25) is 14.5 Å². The topological polar surface area (TPSA) is 70.2 Å². The Kier molecular flexibility index (Phi) is 7.01. The van der Waals surface area contributed by atoms with E-state index >= 15 is 0 Å². The van der Waals surface area contributed by atoms with E-state index in [1.165, 1.54) is 0 Å². The van der Waals surface area contributed by atoms with Gasteiger partial charge < -0.3 is 14.5 Å². The zero-order valence-electron chi connectivity index (χ0n) is 19.2. The van der Waals surface area contributed by atoms with Crippen molar-refractivity contribution in [1.29, 1.82) is 0 Å². The van der Waals surface area contributed by atoms with Gasteiger partial charge in [0.05, 0.1) is 6.04 Å². The zero-order chi connectivity index (χ0) is 22.7. The highest BCUT2D eigenvalue weighted by molar-refractivity contribution is 5.94. The zero-order valence-corrected chi connectivity index (χ0v) is 19.2. The molecule has 32 heavy (non-hydrogen) atoms. The number of carbonyl (C=O) groups is 3. The first-order chi connectivity index (χ1) is 15.5. The molecule has 0 spiro atoms. The molecule has 3 aliphatic rings. The van der Waals surface area contributed by atoms with Crippen LogP contribution in [0.15, 0.2) is 30.3 Å². The number of cyclic esters (lactones) is 1. The van der Waals surface area contributed by atoms with E-state index in [9.17, 15) is 14.4 Å². The fourth-order valence-electron chi connectivity index (χ4n) is 5.29. The Morgan fingerprint density at radius 2 is 1.62 bits per heavy atom. The van der Waals surface area contributed by atoms with Gasteiger partial charge in [-0.2, -0.15) is 0 Å². The molecule has 1 aromatic carbocycles. The van der Waals surface area contributed by atoms with Crippen LogP contribution in [0.5, 0.6) is 0 Å². The molecule has 1 aromatic rings. The molecule has 0 aromatic heterocycles. The first kappa shape index (κ1) is 22.6. The highest BCUT2D eigenvalue weighted by Crippen LogP contribution is 2.30. The van der Waals surface area contributed by atoms with Gasteiger partial charge in [0, 0.05) is 43.7 Å². The monoisotopic (exact) mass is 441 g/mol. The number of nitrogens with zero attached hydrogens (tertiary/aromatic N) is 3. The Hall–Kier alpha value is -2.57. The molecule has 0 bridgehead atoms. The maximum atomic E-state index is 13.1. The summed E-state index contributed by atoms with van der Waals surface area (Å²) in [6, 6.07) is 9.63. The number of rotatable bonds is 5. The van der Waals surface area contributed by atoms with Crippen LogP contribution in [0.1, 0.15) is 56.3 Å². The highest BCUT2D eigenvalue weighted by atomic mass is 16.6. The molecule has 0 saturated carbocycles. The third kappa shape index (κ3) is 4.62. The Morgan fingerprint density at radius 1 is 1.00 bits per heavy atom. The van der Waals surface area contributed by atoms with Gasteiger partial charge in [0.15, 0.2) is 0 Å².